The number of halogens is 1. The molecule has 94 valence electrons. The number of nitrogens with one attached hydrogen (secondary N) is 1. The summed E-state index contributed by atoms with van der Waals surface area (Å²) in [4.78, 5) is 8.24. The van der Waals surface area contributed by atoms with Crippen LogP contribution in [0.4, 0.5) is 5.82 Å². The van der Waals surface area contributed by atoms with E-state index >= 15 is 0 Å². The molecule has 0 bridgehead atoms. The van der Waals surface area contributed by atoms with Crippen molar-refractivity contribution in [1.29, 1.82) is 0 Å². The minimum atomic E-state index is 0.324. The van der Waals surface area contributed by atoms with Gasteiger partial charge in [-0.1, -0.05) is 19.8 Å². The summed E-state index contributed by atoms with van der Waals surface area (Å²) in [6, 6.07) is 1.94. The van der Waals surface area contributed by atoms with Gasteiger partial charge < -0.3 is 5.32 Å². The fraction of sp³-hybridized carbons (Fsp3) is 0.692. The molecule has 0 spiro atoms. The van der Waals surface area contributed by atoms with E-state index in [0.29, 0.717) is 5.28 Å². The molecular formula is C13H20ClN3. The molecule has 2 rings (SSSR count). The van der Waals surface area contributed by atoms with Crippen molar-refractivity contribution in [3.63, 3.8) is 0 Å². The number of anilines is 1. The van der Waals surface area contributed by atoms with E-state index in [1.54, 1.807) is 0 Å². The van der Waals surface area contributed by atoms with Crippen LogP contribution in [0.3, 0.4) is 0 Å². The van der Waals surface area contributed by atoms with Gasteiger partial charge in [0.05, 0.1) is 0 Å². The third-order valence-electron chi connectivity index (χ3n) is 3.44. The van der Waals surface area contributed by atoms with Crippen LogP contribution in [0.2, 0.25) is 5.28 Å². The standard InChI is InChI=1S/C13H20ClN3/c1-9-4-3-5-11(6-9)8-15-12-7-10(2)16-13(14)17-12/h7,9,11H,3-6,8H2,1-2H3,(H,15,16,17). The highest BCUT2D eigenvalue weighted by Crippen LogP contribution is 2.28. The van der Waals surface area contributed by atoms with Gasteiger partial charge in [-0.15, -0.1) is 0 Å². The van der Waals surface area contributed by atoms with Gasteiger partial charge in [0, 0.05) is 18.3 Å². The van der Waals surface area contributed by atoms with E-state index in [0.717, 1.165) is 29.9 Å². The van der Waals surface area contributed by atoms with Crippen LogP contribution in [-0.2, 0) is 0 Å². The van der Waals surface area contributed by atoms with Gasteiger partial charge in [0.25, 0.3) is 0 Å². The lowest BCUT2D eigenvalue weighted by Crippen LogP contribution is -2.21. The summed E-state index contributed by atoms with van der Waals surface area (Å²) in [5, 5.41) is 3.70. The molecule has 1 aromatic heterocycles. The normalized spacial score (nSPS) is 24.6. The van der Waals surface area contributed by atoms with E-state index in [1.807, 2.05) is 13.0 Å². The van der Waals surface area contributed by atoms with Crippen molar-refractivity contribution in [2.24, 2.45) is 11.8 Å². The van der Waals surface area contributed by atoms with Crippen molar-refractivity contribution >= 4 is 17.4 Å². The first kappa shape index (κ1) is 12.6. The zero-order chi connectivity index (χ0) is 12.3. The molecule has 1 aliphatic rings. The fourth-order valence-corrected chi connectivity index (χ4v) is 2.84. The summed E-state index contributed by atoms with van der Waals surface area (Å²) >= 11 is 5.83. The zero-order valence-electron chi connectivity index (χ0n) is 10.5. The summed E-state index contributed by atoms with van der Waals surface area (Å²) in [5.41, 5.74) is 0.907. The van der Waals surface area contributed by atoms with Crippen molar-refractivity contribution in [2.75, 3.05) is 11.9 Å². The first-order chi connectivity index (χ1) is 8.13. The monoisotopic (exact) mass is 253 g/mol. The molecule has 1 aliphatic carbocycles. The number of aryl methyl sites for hydroxylation is 1. The van der Waals surface area contributed by atoms with Gasteiger partial charge in [0.2, 0.25) is 5.28 Å². The van der Waals surface area contributed by atoms with Gasteiger partial charge in [-0.3, -0.25) is 0 Å². The van der Waals surface area contributed by atoms with Crippen molar-refractivity contribution in [3.8, 4) is 0 Å². The molecule has 0 saturated heterocycles. The smallest absolute Gasteiger partial charge is 0.224 e. The van der Waals surface area contributed by atoms with Gasteiger partial charge in [0.1, 0.15) is 5.82 Å². The van der Waals surface area contributed by atoms with Crippen LogP contribution < -0.4 is 5.32 Å². The average molecular weight is 254 g/mol. The molecule has 1 saturated carbocycles. The van der Waals surface area contributed by atoms with Crippen LogP contribution >= 0.6 is 11.6 Å². The first-order valence-corrected chi connectivity index (χ1v) is 6.76. The molecule has 0 radical (unpaired) electrons. The van der Waals surface area contributed by atoms with Gasteiger partial charge in [-0.2, -0.15) is 0 Å². The second kappa shape index (κ2) is 5.67. The Kier molecular flexibility index (Phi) is 4.21. The van der Waals surface area contributed by atoms with Gasteiger partial charge in [-0.05, 0) is 43.2 Å². The number of rotatable bonds is 3. The predicted molar refractivity (Wildman–Crippen MR) is 71.4 cm³/mol. The third kappa shape index (κ3) is 3.84. The van der Waals surface area contributed by atoms with E-state index in [2.05, 4.69) is 22.2 Å². The summed E-state index contributed by atoms with van der Waals surface area (Å²) in [6.07, 6.45) is 5.39. The lowest BCUT2D eigenvalue weighted by Gasteiger charge is -2.26. The topological polar surface area (TPSA) is 37.8 Å². The number of nitrogens with zero attached hydrogens (tertiary/aromatic N) is 2. The first-order valence-electron chi connectivity index (χ1n) is 6.38. The molecule has 1 N–H and O–H groups in total. The Morgan fingerprint density at radius 3 is 2.94 bits per heavy atom. The Morgan fingerprint density at radius 1 is 1.41 bits per heavy atom. The van der Waals surface area contributed by atoms with Crippen LogP contribution in [-0.4, -0.2) is 16.5 Å². The van der Waals surface area contributed by atoms with E-state index < -0.39 is 0 Å². The fourth-order valence-electron chi connectivity index (χ4n) is 2.62. The maximum absolute atomic E-state index is 5.83. The van der Waals surface area contributed by atoms with Gasteiger partial charge >= 0.3 is 0 Å². The number of aromatic nitrogens is 2. The Labute approximate surface area is 108 Å². The van der Waals surface area contributed by atoms with Crippen molar-refractivity contribution in [1.82, 2.24) is 9.97 Å². The van der Waals surface area contributed by atoms with E-state index in [9.17, 15) is 0 Å². The summed E-state index contributed by atoms with van der Waals surface area (Å²) in [6.45, 7) is 5.27. The molecule has 2 atom stereocenters. The largest absolute Gasteiger partial charge is 0.370 e. The SMILES string of the molecule is Cc1cc(NCC2CCCC(C)C2)nc(Cl)n1. The number of hydrogen-bond donors (Lipinski definition) is 1. The second-order valence-electron chi connectivity index (χ2n) is 5.18. The van der Waals surface area contributed by atoms with Crippen LogP contribution in [0, 0.1) is 18.8 Å². The summed E-state index contributed by atoms with van der Waals surface area (Å²) in [5.74, 6) is 2.49. The molecule has 0 aromatic carbocycles. The highest BCUT2D eigenvalue weighted by Gasteiger charge is 2.18. The van der Waals surface area contributed by atoms with Crippen molar-refractivity contribution < 1.29 is 0 Å². The molecule has 2 unspecified atom stereocenters. The number of hydrogen-bond acceptors (Lipinski definition) is 3. The second-order valence-corrected chi connectivity index (χ2v) is 5.52. The van der Waals surface area contributed by atoms with Crippen molar-refractivity contribution in [2.45, 2.75) is 39.5 Å². The maximum atomic E-state index is 5.83. The Balaban J connectivity index is 1.88. The van der Waals surface area contributed by atoms with E-state index in [4.69, 9.17) is 11.6 Å². The maximum Gasteiger partial charge on any atom is 0.224 e. The van der Waals surface area contributed by atoms with Crippen LogP contribution in [0.15, 0.2) is 6.07 Å². The molecule has 1 fully saturated rings. The predicted octanol–water partition coefficient (Wildman–Crippen LogP) is 3.68. The lowest BCUT2D eigenvalue weighted by atomic mass is 9.82. The van der Waals surface area contributed by atoms with Gasteiger partial charge in [-0.25, -0.2) is 9.97 Å². The molecule has 3 nitrogen and oxygen atoms in total. The molecule has 1 aromatic rings. The average Bonchev–Trinajstić information content (AvgIpc) is 2.25. The highest BCUT2D eigenvalue weighted by molar-refractivity contribution is 6.28. The van der Waals surface area contributed by atoms with Crippen LogP contribution in [0.25, 0.3) is 0 Å². The van der Waals surface area contributed by atoms with E-state index in [1.165, 1.54) is 25.7 Å². The summed E-state index contributed by atoms with van der Waals surface area (Å²) in [7, 11) is 0. The van der Waals surface area contributed by atoms with E-state index in [-0.39, 0.29) is 0 Å². The Hall–Kier alpha value is -0.830. The zero-order valence-corrected chi connectivity index (χ0v) is 11.3. The van der Waals surface area contributed by atoms with Crippen LogP contribution in [0.5, 0.6) is 0 Å². The Morgan fingerprint density at radius 2 is 2.24 bits per heavy atom. The molecule has 0 amide bonds. The van der Waals surface area contributed by atoms with Gasteiger partial charge in [0.15, 0.2) is 0 Å². The van der Waals surface area contributed by atoms with Crippen LogP contribution in [0.1, 0.15) is 38.3 Å². The molecular weight excluding hydrogens is 234 g/mol. The lowest BCUT2D eigenvalue weighted by molar-refractivity contribution is 0.293. The minimum absolute atomic E-state index is 0.324. The molecule has 4 heteroatoms. The summed E-state index contributed by atoms with van der Waals surface area (Å²) < 4.78 is 0. The highest BCUT2D eigenvalue weighted by atomic mass is 35.5. The third-order valence-corrected chi connectivity index (χ3v) is 3.61. The Bertz CT molecular complexity index is 361. The minimum Gasteiger partial charge on any atom is -0.370 e. The molecule has 1 heterocycles. The molecule has 0 aliphatic heterocycles. The molecule has 17 heavy (non-hydrogen) atoms. The quantitative estimate of drug-likeness (QED) is 0.835. The van der Waals surface area contributed by atoms with Crippen molar-refractivity contribution in [3.05, 3.63) is 17.0 Å².